The molecule has 0 bridgehead atoms. The number of allylic oxidation sites excluding steroid dienone is 1. The Labute approximate surface area is 334 Å². The normalized spacial score (nSPS) is 21.8. The van der Waals surface area contributed by atoms with E-state index < -0.39 is 43.4 Å². The van der Waals surface area contributed by atoms with E-state index in [4.69, 9.17) is 23.4 Å². The Hall–Kier alpha value is -5.36. The first-order valence-corrected chi connectivity index (χ1v) is 22.4. The minimum absolute atomic E-state index is 0.0257. The van der Waals surface area contributed by atoms with E-state index in [0.717, 1.165) is 22.3 Å². The van der Waals surface area contributed by atoms with Crippen LogP contribution in [-0.2, 0) is 24.1 Å². The topological polar surface area (TPSA) is 124 Å². The summed E-state index contributed by atoms with van der Waals surface area (Å²) in [5.41, 5.74) is 2.81. The number of nitrogens with zero attached hydrogens (tertiary/aromatic N) is 3. The van der Waals surface area contributed by atoms with E-state index >= 15 is 9.59 Å². The van der Waals surface area contributed by atoms with Gasteiger partial charge >= 0.3 is 0 Å². The van der Waals surface area contributed by atoms with Crippen molar-refractivity contribution in [2.24, 2.45) is 11.8 Å². The van der Waals surface area contributed by atoms with E-state index in [-0.39, 0.29) is 41.0 Å². The first kappa shape index (κ1) is 38.5. The third-order valence-electron chi connectivity index (χ3n) is 12.3. The van der Waals surface area contributed by atoms with Gasteiger partial charge in [0.05, 0.1) is 23.5 Å². The molecule has 3 aliphatic rings. The Morgan fingerprint density at radius 3 is 2.07 bits per heavy atom. The van der Waals surface area contributed by atoms with Gasteiger partial charge in [-0.3, -0.25) is 19.5 Å². The van der Waals surface area contributed by atoms with Crippen LogP contribution in [0.15, 0.2) is 113 Å². The average Bonchev–Trinajstić information content (AvgIpc) is 3.61. The lowest BCUT2D eigenvalue weighted by Gasteiger charge is -2.55. The summed E-state index contributed by atoms with van der Waals surface area (Å²) in [6, 6.07) is 28.5. The number of aliphatic hydroxyl groups excluding tert-OH is 1. The highest BCUT2D eigenvalue weighted by atomic mass is 28.4. The van der Waals surface area contributed by atoms with E-state index in [1.807, 2.05) is 110 Å². The van der Waals surface area contributed by atoms with E-state index in [2.05, 4.69) is 39.0 Å². The molecule has 57 heavy (non-hydrogen) atoms. The molecule has 4 atom stereocenters. The highest BCUT2D eigenvalue weighted by molar-refractivity contribution is 6.74. The summed E-state index contributed by atoms with van der Waals surface area (Å²) < 4.78 is 26.0. The monoisotopic (exact) mass is 783 g/mol. The maximum absolute atomic E-state index is 15.6. The average molecular weight is 784 g/mol. The number of hydrogen-bond donors (Lipinski definition) is 1. The molecule has 0 saturated heterocycles. The predicted molar refractivity (Wildman–Crippen MR) is 219 cm³/mol. The molecule has 0 unspecified atom stereocenters. The molecular formula is C46H49N3O7Si. The van der Waals surface area contributed by atoms with Crippen LogP contribution in [0, 0.1) is 11.8 Å². The van der Waals surface area contributed by atoms with Crippen molar-refractivity contribution < 1.29 is 33.1 Å². The SMILES string of the molecule is CN(C)[C@@H]1c2onc(OCc3ccccc3)c2C(=O)[C@@]2(O[Si](C)(C)C(C)(C)C)C(O)=C3C(=O)c4c(OCc5ccccc5)cnc(-c5ccccc5)c4C[C@H]3C[C@@H]12. The summed E-state index contributed by atoms with van der Waals surface area (Å²) in [6.45, 7) is 10.7. The number of benzene rings is 3. The van der Waals surface area contributed by atoms with Crippen molar-refractivity contribution in [3.05, 3.63) is 142 Å². The summed E-state index contributed by atoms with van der Waals surface area (Å²) in [5, 5.41) is 17.0. The molecule has 0 saturated carbocycles. The number of pyridine rings is 1. The lowest BCUT2D eigenvalue weighted by Crippen LogP contribution is -2.65. The van der Waals surface area contributed by atoms with Gasteiger partial charge in [-0.2, -0.15) is 0 Å². The zero-order valence-electron chi connectivity index (χ0n) is 33.5. The molecule has 0 spiro atoms. The first-order valence-electron chi connectivity index (χ1n) is 19.5. The number of aliphatic hydroxyl groups is 1. The fourth-order valence-corrected chi connectivity index (χ4v) is 9.98. The molecule has 11 heteroatoms. The second kappa shape index (κ2) is 14.5. The molecule has 3 aliphatic carbocycles. The highest BCUT2D eigenvalue weighted by Gasteiger charge is 2.67. The van der Waals surface area contributed by atoms with Crippen molar-refractivity contribution in [1.29, 1.82) is 0 Å². The van der Waals surface area contributed by atoms with E-state index in [0.29, 0.717) is 35.6 Å². The fraction of sp³-hybridized carbons (Fsp3) is 0.348. The number of carbonyl (C=O) groups is 2. The van der Waals surface area contributed by atoms with Gasteiger partial charge in [-0.1, -0.05) is 112 Å². The van der Waals surface area contributed by atoms with Gasteiger partial charge in [0.1, 0.15) is 30.3 Å². The van der Waals surface area contributed by atoms with Gasteiger partial charge in [0.2, 0.25) is 5.78 Å². The minimum Gasteiger partial charge on any atom is -0.508 e. The maximum atomic E-state index is 15.6. The van der Waals surface area contributed by atoms with Crippen molar-refractivity contribution in [2.75, 3.05) is 14.1 Å². The molecule has 1 N–H and O–H groups in total. The largest absolute Gasteiger partial charge is 0.508 e. The van der Waals surface area contributed by atoms with Crippen LogP contribution in [0.5, 0.6) is 11.6 Å². The van der Waals surface area contributed by atoms with Gasteiger partial charge in [-0.25, -0.2) is 0 Å². The summed E-state index contributed by atoms with van der Waals surface area (Å²) in [6.07, 6.45) is 2.33. The summed E-state index contributed by atoms with van der Waals surface area (Å²) in [7, 11) is 0.950. The minimum atomic E-state index is -2.88. The van der Waals surface area contributed by atoms with Gasteiger partial charge in [0.25, 0.3) is 5.88 Å². The fourth-order valence-electron chi connectivity index (χ4n) is 8.53. The van der Waals surface area contributed by atoms with Crippen molar-refractivity contribution >= 4 is 19.9 Å². The Kier molecular flexibility index (Phi) is 9.82. The Bertz CT molecular complexity index is 2350. The molecule has 5 aromatic rings. The molecule has 10 nitrogen and oxygen atoms in total. The third-order valence-corrected chi connectivity index (χ3v) is 16.8. The second-order valence-corrected chi connectivity index (χ2v) is 21.9. The lowest BCUT2D eigenvalue weighted by atomic mass is 9.58. The number of aromatic nitrogens is 2. The third kappa shape index (κ3) is 6.51. The second-order valence-electron chi connectivity index (χ2n) is 17.1. The molecule has 294 valence electrons. The standard InChI is InChI=1S/C46H49N3O7Si/c1-45(2,3)57(6,7)56-46-33(39(49(4)5)41-37(43(46)52)44(48-55-41)54-27-29-19-13-9-14-20-29)24-31-23-32-36(40(50)35(31)42(46)51)34(53-26-28-17-11-8-12-18-28)25-47-38(32)30-21-15-10-16-22-30/h8-22,25,31,33,39,51H,23-24,26-27H2,1-7H3/t31-,33-,39-,46-/m0/s1. The van der Waals surface area contributed by atoms with Crippen LogP contribution in [0.1, 0.15) is 76.4 Å². The van der Waals surface area contributed by atoms with Gasteiger partial charge < -0.3 is 23.5 Å². The summed E-state index contributed by atoms with van der Waals surface area (Å²) in [5.74, 6) is -1.68. The Morgan fingerprint density at radius 2 is 1.47 bits per heavy atom. The number of ether oxygens (including phenoxy) is 2. The Balaban J connectivity index is 1.32. The van der Waals surface area contributed by atoms with Crippen LogP contribution in [0.25, 0.3) is 11.3 Å². The molecule has 0 radical (unpaired) electrons. The van der Waals surface area contributed by atoms with Crippen molar-refractivity contribution in [2.45, 2.75) is 76.6 Å². The van der Waals surface area contributed by atoms with Crippen LogP contribution in [-0.4, -0.2) is 59.7 Å². The highest BCUT2D eigenvalue weighted by Crippen LogP contribution is 2.60. The number of hydrogen-bond acceptors (Lipinski definition) is 10. The van der Waals surface area contributed by atoms with Crippen LogP contribution in [0.3, 0.4) is 0 Å². The van der Waals surface area contributed by atoms with Gasteiger partial charge in [0.15, 0.2) is 25.5 Å². The van der Waals surface area contributed by atoms with Crippen LogP contribution in [0.2, 0.25) is 18.1 Å². The van der Waals surface area contributed by atoms with Crippen molar-refractivity contribution in [3.63, 3.8) is 0 Å². The zero-order valence-corrected chi connectivity index (χ0v) is 34.5. The molecule has 0 aliphatic heterocycles. The molecule has 0 fully saturated rings. The van der Waals surface area contributed by atoms with E-state index in [1.165, 1.54) is 0 Å². The smallest absolute Gasteiger partial charge is 0.265 e. The number of ketones is 2. The van der Waals surface area contributed by atoms with Gasteiger partial charge in [0, 0.05) is 17.1 Å². The molecule has 2 heterocycles. The van der Waals surface area contributed by atoms with E-state index in [1.54, 1.807) is 6.20 Å². The van der Waals surface area contributed by atoms with E-state index in [9.17, 15) is 5.11 Å². The van der Waals surface area contributed by atoms with Crippen molar-refractivity contribution in [1.82, 2.24) is 15.0 Å². The lowest BCUT2D eigenvalue weighted by molar-refractivity contribution is -0.0480. The summed E-state index contributed by atoms with van der Waals surface area (Å²) in [4.78, 5) is 37.8. The predicted octanol–water partition coefficient (Wildman–Crippen LogP) is 9.34. The first-order chi connectivity index (χ1) is 27.2. The number of fused-ring (bicyclic) bond motifs is 4. The molecule has 2 aromatic heterocycles. The quantitative estimate of drug-likeness (QED) is 0.137. The van der Waals surface area contributed by atoms with Crippen molar-refractivity contribution in [3.8, 4) is 22.9 Å². The summed E-state index contributed by atoms with van der Waals surface area (Å²) >= 11 is 0. The molecular weight excluding hydrogens is 735 g/mol. The molecule has 3 aromatic carbocycles. The van der Waals surface area contributed by atoms with Gasteiger partial charge in [-0.15, -0.1) is 0 Å². The number of Topliss-reactive ketones (excluding diaryl/α,β-unsaturated/α-hetero) is 2. The van der Waals surface area contributed by atoms with Crippen LogP contribution < -0.4 is 9.47 Å². The number of rotatable bonds is 10. The molecule has 0 amide bonds. The zero-order chi connectivity index (χ0) is 40.3. The number of carbonyl (C=O) groups excluding carboxylic acids is 2. The van der Waals surface area contributed by atoms with Crippen LogP contribution >= 0.6 is 0 Å². The Morgan fingerprint density at radius 1 is 0.877 bits per heavy atom. The van der Waals surface area contributed by atoms with Crippen LogP contribution in [0.4, 0.5) is 0 Å². The molecule has 8 rings (SSSR count). The van der Waals surface area contributed by atoms with Gasteiger partial charge in [-0.05, 0) is 72.8 Å². The maximum Gasteiger partial charge on any atom is 0.265 e.